The number of carbonyl (C=O) groups is 1. The van der Waals surface area contributed by atoms with Gasteiger partial charge in [0.15, 0.2) is 0 Å². The summed E-state index contributed by atoms with van der Waals surface area (Å²) in [5.74, 6) is -0.499. The molecule has 92 valence electrons. The molecule has 0 radical (unpaired) electrons. The van der Waals surface area contributed by atoms with E-state index >= 15 is 0 Å². The average Bonchev–Trinajstić information content (AvgIpc) is 2.37. The van der Waals surface area contributed by atoms with Gasteiger partial charge in [-0.1, -0.05) is 12.1 Å². The Morgan fingerprint density at radius 3 is 2.56 bits per heavy atom. The van der Waals surface area contributed by atoms with Crippen LogP contribution in [0.3, 0.4) is 0 Å². The van der Waals surface area contributed by atoms with Gasteiger partial charge in [-0.3, -0.25) is 4.79 Å². The van der Waals surface area contributed by atoms with E-state index in [4.69, 9.17) is 0 Å². The predicted molar refractivity (Wildman–Crippen MR) is 65.7 cm³/mol. The van der Waals surface area contributed by atoms with Gasteiger partial charge in [0.1, 0.15) is 11.6 Å². The van der Waals surface area contributed by atoms with Gasteiger partial charge in [-0.25, -0.2) is 4.39 Å². The van der Waals surface area contributed by atoms with Gasteiger partial charge in [-0.05, 0) is 42.0 Å². The molecule has 0 saturated carbocycles. The molecule has 1 amide bonds. The van der Waals surface area contributed by atoms with E-state index in [-0.39, 0.29) is 17.5 Å². The van der Waals surface area contributed by atoms with E-state index in [1.54, 1.807) is 24.3 Å². The van der Waals surface area contributed by atoms with Crippen LogP contribution in [0, 0.1) is 5.82 Å². The Morgan fingerprint density at radius 2 is 1.89 bits per heavy atom. The third-order valence-electron chi connectivity index (χ3n) is 2.47. The van der Waals surface area contributed by atoms with E-state index in [9.17, 15) is 14.3 Å². The lowest BCUT2D eigenvalue weighted by Gasteiger charge is -2.05. The minimum absolute atomic E-state index is 0.156. The maximum absolute atomic E-state index is 12.7. The Hall–Kier alpha value is -2.36. The van der Waals surface area contributed by atoms with Crippen molar-refractivity contribution in [1.82, 2.24) is 5.32 Å². The van der Waals surface area contributed by atoms with Gasteiger partial charge in [0, 0.05) is 12.1 Å². The summed E-state index contributed by atoms with van der Waals surface area (Å²) >= 11 is 0. The van der Waals surface area contributed by atoms with E-state index in [2.05, 4.69) is 5.32 Å². The molecular weight excluding hydrogens is 233 g/mol. The molecule has 2 aromatic carbocycles. The number of hydrogen-bond acceptors (Lipinski definition) is 2. The van der Waals surface area contributed by atoms with Crippen LogP contribution in [0.5, 0.6) is 5.75 Å². The minimum Gasteiger partial charge on any atom is -0.508 e. The second-order valence-electron chi connectivity index (χ2n) is 3.86. The van der Waals surface area contributed by atoms with Crippen LogP contribution in [0.15, 0.2) is 48.5 Å². The molecule has 2 N–H and O–H groups in total. The van der Waals surface area contributed by atoms with Crippen molar-refractivity contribution in [3.63, 3.8) is 0 Å². The first-order chi connectivity index (χ1) is 8.65. The molecule has 0 heterocycles. The maximum Gasteiger partial charge on any atom is 0.251 e. The number of amides is 1. The van der Waals surface area contributed by atoms with Crippen molar-refractivity contribution in [2.75, 3.05) is 0 Å². The summed E-state index contributed by atoms with van der Waals surface area (Å²) in [5, 5.41) is 12.0. The summed E-state index contributed by atoms with van der Waals surface area (Å²) in [6, 6.07) is 12.0. The van der Waals surface area contributed by atoms with Gasteiger partial charge in [-0.2, -0.15) is 0 Å². The van der Waals surface area contributed by atoms with Crippen molar-refractivity contribution in [3.05, 3.63) is 65.5 Å². The first-order valence-corrected chi connectivity index (χ1v) is 5.47. The molecule has 4 heteroatoms. The number of aromatic hydroxyl groups is 1. The Bertz CT molecular complexity index is 552. The van der Waals surface area contributed by atoms with Gasteiger partial charge in [0.25, 0.3) is 5.91 Å². The van der Waals surface area contributed by atoms with Crippen LogP contribution in [0.2, 0.25) is 0 Å². The fourth-order valence-corrected chi connectivity index (χ4v) is 1.55. The van der Waals surface area contributed by atoms with E-state index in [1.807, 2.05) is 0 Å². The van der Waals surface area contributed by atoms with E-state index in [1.165, 1.54) is 24.3 Å². The van der Waals surface area contributed by atoms with Crippen molar-refractivity contribution in [3.8, 4) is 5.75 Å². The molecular formula is C14H12FNO2. The van der Waals surface area contributed by atoms with Crippen molar-refractivity contribution in [2.24, 2.45) is 0 Å². The number of halogens is 1. The largest absolute Gasteiger partial charge is 0.508 e. The molecule has 0 aliphatic rings. The second kappa shape index (κ2) is 5.31. The second-order valence-corrected chi connectivity index (χ2v) is 3.86. The van der Waals surface area contributed by atoms with Crippen LogP contribution in [0.1, 0.15) is 15.9 Å². The highest BCUT2D eigenvalue weighted by Gasteiger charge is 2.05. The third kappa shape index (κ3) is 3.07. The standard InChI is InChI=1S/C14H12FNO2/c15-12-6-4-11(5-7-12)14(18)16-9-10-2-1-3-13(17)8-10/h1-8,17H,9H2,(H,16,18). The molecule has 0 fully saturated rings. The van der Waals surface area contributed by atoms with Crippen LogP contribution >= 0.6 is 0 Å². The summed E-state index contributed by atoms with van der Waals surface area (Å²) in [6.45, 7) is 0.310. The fourth-order valence-electron chi connectivity index (χ4n) is 1.55. The lowest BCUT2D eigenvalue weighted by molar-refractivity contribution is 0.0951. The molecule has 3 nitrogen and oxygen atoms in total. The Kier molecular flexibility index (Phi) is 3.57. The summed E-state index contributed by atoms with van der Waals surface area (Å²) in [6.07, 6.45) is 0. The van der Waals surface area contributed by atoms with Crippen LogP contribution in [-0.2, 0) is 6.54 Å². The number of carbonyl (C=O) groups excluding carboxylic acids is 1. The Labute approximate surface area is 104 Å². The summed E-state index contributed by atoms with van der Waals surface area (Å²) in [4.78, 5) is 11.7. The molecule has 2 rings (SSSR count). The van der Waals surface area contributed by atoms with Crippen molar-refractivity contribution in [2.45, 2.75) is 6.54 Å². The summed E-state index contributed by atoms with van der Waals surface area (Å²) in [7, 11) is 0. The van der Waals surface area contributed by atoms with Gasteiger partial charge in [0.05, 0.1) is 0 Å². The molecule has 0 spiro atoms. The van der Waals surface area contributed by atoms with Gasteiger partial charge in [-0.15, -0.1) is 0 Å². The summed E-state index contributed by atoms with van der Waals surface area (Å²) in [5.41, 5.74) is 1.20. The molecule has 0 saturated heterocycles. The maximum atomic E-state index is 12.7. The lowest BCUT2D eigenvalue weighted by Crippen LogP contribution is -2.22. The van der Waals surface area contributed by atoms with Crippen molar-refractivity contribution in [1.29, 1.82) is 0 Å². The monoisotopic (exact) mass is 245 g/mol. The highest BCUT2D eigenvalue weighted by molar-refractivity contribution is 5.94. The molecule has 0 atom stereocenters. The molecule has 0 aliphatic heterocycles. The molecule has 0 unspecified atom stereocenters. The Morgan fingerprint density at radius 1 is 1.17 bits per heavy atom. The highest BCUT2D eigenvalue weighted by Crippen LogP contribution is 2.10. The van der Waals surface area contributed by atoms with Crippen LogP contribution in [0.25, 0.3) is 0 Å². The van der Waals surface area contributed by atoms with E-state index in [0.29, 0.717) is 12.1 Å². The number of phenolic OH excluding ortho intramolecular Hbond substituents is 1. The Balaban J connectivity index is 1.98. The van der Waals surface area contributed by atoms with Crippen LogP contribution in [-0.4, -0.2) is 11.0 Å². The van der Waals surface area contributed by atoms with Gasteiger partial charge >= 0.3 is 0 Å². The first kappa shape index (κ1) is 12.1. The molecule has 0 bridgehead atoms. The number of benzene rings is 2. The fraction of sp³-hybridized carbons (Fsp3) is 0.0714. The zero-order valence-electron chi connectivity index (χ0n) is 9.56. The molecule has 0 aromatic heterocycles. The zero-order chi connectivity index (χ0) is 13.0. The zero-order valence-corrected chi connectivity index (χ0v) is 9.56. The molecule has 18 heavy (non-hydrogen) atoms. The van der Waals surface area contributed by atoms with Crippen LogP contribution < -0.4 is 5.32 Å². The lowest BCUT2D eigenvalue weighted by atomic mass is 10.2. The topological polar surface area (TPSA) is 49.3 Å². The van der Waals surface area contributed by atoms with Gasteiger partial charge in [0.2, 0.25) is 0 Å². The van der Waals surface area contributed by atoms with E-state index in [0.717, 1.165) is 5.56 Å². The number of phenols is 1. The number of hydrogen-bond donors (Lipinski definition) is 2. The van der Waals surface area contributed by atoms with Crippen molar-refractivity contribution < 1.29 is 14.3 Å². The third-order valence-corrected chi connectivity index (χ3v) is 2.47. The molecule has 2 aromatic rings. The minimum atomic E-state index is -0.375. The van der Waals surface area contributed by atoms with Gasteiger partial charge < -0.3 is 10.4 Å². The highest BCUT2D eigenvalue weighted by atomic mass is 19.1. The van der Waals surface area contributed by atoms with Crippen molar-refractivity contribution >= 4 is 5.91 Å². The summed E-state index contributed by atoms with van der Waals surface area (Å²) < 4.78 is 12.7. The SMILES string of the molecule is O=C(NCc1cccc(O)c1)c1ccc(F)cc1. The smallest absolute Gasteiger partial charge is 0.251 e. The van der Waals surface area contributed by atoms with E-state index < -0.39 is 0 Å². The predicted octanol–water partition coefficient (Wildman–Crippen LogP) is 2.46. The molecule has 0 aliphatic carbocycles. The quantitative estimate of drug-likeness (QED) is 0.872. The number of rotatable bonds is 3. The average molecular weight is 245 g/mol. The first-order valence-electron chi connectivity index (χ1n) is 5.47. The number of nitrogens with one attached hydrogen (secondary N) is 1. The normalized spacial score (nSPS) is 10.1. The van der Waals surface area contributed by atoms with Crippen LogP contribution in [0.4, 0.5) is 4.39 Å².